The maximum atomic E-state index is 12.4. The van der Waals surface area contributed by atoms with Crippen molar-refractivity contribution in [2.45, 2.75) is 70.4 Å². The minimum absolute atomic E-state index is 0. The zero-order valence-corrected chi connectivity index (χ0v) is 15.5. The van der Waals surface area contributed by atoms with Crippen LogP contribution in [0.15, 0.2) is 0 Å². The van der Waals surface area contributed by atoms with Gasteiger partial charge in [0.05, 0.1) is 6.04 Å². The van der Waals surface area contributed by atoms with E-state index >= 15 is 0 Å². The van der Waals surface area contributed by atoms with Crippen LogP contribution < -0.4 is 5.32 Å². The Kier molecular flexibility index (Phi) is 7.64. The first-order valence-corrected chi connectivity index (χ1v) is 9.50. The monoisotopic (exact) mass is 343 g/mol. The molecular weight excluding hydrogens is 310 g/mol. The van der Waals surface area contributed by atoms with E-state index in [0.29, 0.717) is 5.91 Å². The van der Waals surface area contributed by atoms with Crippen molar-refractivity contribution in [1.82, 2.24) is 15.1 Å². The molecule has 3 aliphatic heterocycles. The zero-order chi connectivity index (χ0) is 15.4. The van der Waals surface area contributed by atoms with Gasteiger partial charge in [0.25, 0.3) is 0 Å². The fourth-order valence-electron chi connectivity index (χ4n) is 4.40. The molecular formula is C18H34ClN3O. The molecule has 3 heterocycles. The van der Waals surface area contributed by atoms with Crippen LogP contribution in [0.4, 0.5) is 0 Å². The molecule has 0 aromatic rings. The Bertz CT molecular complexity index is 365. The van der Waals surface area contributed by atoms with Gasteiger partial charge in [-0.25, -0.2) is 0 Å². The molecule has 0 aliphatic carbocycles. The van der Waals surface area contributed by atoms with Crippen LogP contribution in [0.25, 0.3) is 0 Å². The van der Waals surface area contributed by atoms with Gasteiger partial charge >= 0.3 is 0 Å². The molecule has 0 bridgehead atoms. The largest absolute Gasteiger partial charge is 0.341 e. The lowest BCUT2D eigenvalue weighted by atomic mass is 9.92. The Morgan fingerprint density at radius 1 is 1.04 bits per heavy atom. The van der Waals surface area contributed by atoms with E-state index in [1.807, 2.05) is 0 Å². The van der Waals surface area contributed by atoms with Crippen LogP contribution in [0.2, 0.25) is 0 Å². The average Bonchev–Trinajstić information content (AvgIpc) is 3.08. The highest BCUT2D eigenvalue weighted by atomic mass is 35.5. The number of carbonyl (C=O) groups excluding carboxylic acids is 1. The molecule has 134 valence electrons. The lowest BCUT2D eigenvalue weighted by molar-refractivity contribution is -0.134. The minimum Gasteiger partial charge on any atom is -0.341 e. The zero-order valence-electron chi connectivity index (χ0n) is 14.6. The predicted molar refractivity (Wildman–Crippen MR) is 97.1 cm³/mol. The van der Waals surface area contributed by atoms with E-state index in [9.17, 15) is 4.79 Å². The Balaban J connectivity index is 0.00000192. The van der Waals surface area contributed by atoms with Crippen molar-refractivity contribution in [2.75, 3.05) is 32.7 Å². The molecule has 3 saturated heterocycles. The van der Waals surface area contributed by atoms with E-state index in [1.165, 1.54) is 51.6 Å². The molecule has 0 saturated carbocycles. The van der Waals surface area contributed by atoms with Crippen molar-refractivity contribution < 1.29 is 4.79 Å². The van der Waals surface area contributed by atoms with Crippen molar-refractivity contribution in [3.63, 3.8) is 0 Å². The molecule has 5 heteroatoms. The summed E-state index contributed by atoms with van der Waals surface area (Å²) in [5.41, 5.74) is 0. The van der Waals surface area contributed by atoms with Crippen LogP contribution in [0.3, 0.4) is 0 Å². The Morgan fingerprint density at radius 3 is 2.48 bits per heavy atom. The molecule has 0 radical (unpaired) electrons. The molecule has 2 atom stereocenters. The summed E-state index contributed by atoms with van der Waals surface area (Å²) in [5, 5.41) is 3.34. The van der Waals surface area contributed by atoms with Gasteiger partial charge in [-0.2, -0.15) is 0 Å². The molecule has 0 aromatic carbocycles. The molecule has 3 fully saturated rings. The molecule has 4 nitrogen and oxygen atoms in total. The summed E-state index contributed by atoms with van der Waals surface area (Å²) in [6.45, 7) is 7.93. The van der Waals surface area contributed by atoms with Gasteiger partial charge in [-0.3, -0.25) is 4.79 Å². The van der Waals surface area contributed by atoms with Gasteiger partial charge in [-0.15, -0.1) is 12.4 Å². The van der Waals surface area contributed by atoms with E-state index in [-0.39, 0.29) is 18.4 Å². The van der Waals surface area contributed by atoms with Gasteiger partial charge in [0.1, 0.15) is 0 Å². The third kappa shape index (κ3) is 5.07. The molecule has 23 heavy (non-hydrogen) atoms. The van der Waals surface area contributed by atoms with Gasteiger partial charge < -0.3 is 15.1 Å². The van der Waals surface area contributed by atoms with Gasteiger partial charge in [0, 0.05) is 19.1 Å². The molecule has 2 unspecified atom stereocenters. The fourth-order valence-corrected chi connectivity index (χ4v) is 4.40. The highest BCUT2D eigenvalue weighted by Gasteiger charge is 2.30. The van der Waals surface area contributed by atoms with E-state index in [4.69, 9.17) is 0 Å². The van der Waals surface area contributed by atoms with Crippen molar-refractivity contribution in [3.8, 4) is 0 Å². The number of piperidine rings is 2. The summed E-state index contributed by atoms with van der Waals surface area (Å²) in [5.74, 6) is 1.19. The molecule has 3 rings (SSSR count). The number of hydrogen-bond donors (Lipinski definition) is 1. The first kappa shape index (κ1) is 19.0. The quantitative estimate of drug-likeness (QED) is 0.852. The van der Waals surface area contributed by atoms with Gasteiger partial charge in [0.2, 0.25) is 5.91 Å². The summed E-state index contributed by atoms with van der Waals surface area (Å²) < 4.78 is 0. The van der Waals surface area contributed by atoms with Crippen LogP contribution in [0, 0.1) is 5.92 Å². The number of nitrogens with zero attached hydrogens (tertiary/aromatic N) is 2. The topological polar surface area (TPSA) is 35.6 Å². The van der Waals surface area contributed by atoms with E-state index < -0.39 is 0 Å². The van der Waals surface area contributed by atoms with Gasteiger partial charge in [0.15, 0.2) is 0 Å². The maximum absolute atomic E-state index is 12.4. The molecule has 1 N–H and O–H groups in total. The standard InChI is InChI=1S/C18H33N3O.ClH/c1-15-5-2-3-11-20(15)12-7-16-8-13-21(14-9-16)18(22)17-6-4-10-19-17;/h15-17,19H,2-14H2,1H3;1H. The van der Waals surface area contributed by atoms with Crippen LogP contribution in [-0.4, -0.2) is 60.5 Å². The third-order valence-corrected chi connectivity index (χ3v) is 6.05. The normalized spacial score (nSPS) is 30.2. The molecule has 0 aromatic heterocycles. The summed E-state index contributed by atoms with van der Waals surface area (Å²) in [4.78, 5) is 17.2. The number of amides is 1. The fraction of sp³-hybridized carbons (Fsp3) is 0.944. The molecule has 1 amide bonds. The number of hydrogen-bond acceptors (Lipinski definition) is 3. The van der Waals surface area contributed by atoms with Crippen molar-refractivity contribution in [3.05, 3.63) is 0 Å². The van der Waals surface area contributed by atoms with Crippen molar-refractivity contribution in [2.24, 2.45) is 5.92 Å². The Morgan fingerprint density at radius 2 is 1.83 bits per heavy atom. The molecule has 0 spiro atoms. The predicted octanol–water partition coefficient (Wildman–Crippen LogP) is 2.66. The Hall–Kier alpha value is -0.320. The lowest BCUT2D eigenvalue weighted by Crippen LogP contribution is -2.47. The van der Waals surface area contributed by atoms with Gasteiger partial charge in [-0.05, 0) is 77.4 Å². The first-order valence-electron chi connectivity index (χ1n) is 9.50. The number of carbonyl (C=O) groups is 1. The van der Waals surface area contributed by atoms with Crippen LogP contribution in [-0.2, 0) is 4.79 Å². The van der Waals surface area contributed by atoms with E-state index in [1.54, 1.807) is 0 Å². The third-order valence-electron chi connectivity index (χ3n) is 6.05. The van der Waals surface area contributed by atoms with E-state index in [2.05, 4.69) is 22.0 Å². The molecule has 3 aliphatic rings. The average molecular weight is 344 g/mol. The second-order valence-electron chi connectivity index (χ2n) is 7.59. The summed E-state index contributed by atoms with van der Waals surface area (Å²) in [7, 11) is 0. The number of halogens is 1. The summed E-state index contributed by atoms with van der Waals surface area (Å²) in [6, 6.07) is 0.898. The number of nitrogens with one attached hydrogen (secondary N) is 1. The minimum atomic E-state index is 0. The Labute approximate surface area is 147 Å². The smallest absolute Gasteiger partial charge is 0.239 e. The summed E-state index contributed by atoms with van der Waals surface area (Å²) >= 11 is 0. The maximum Gasteiger partial charge on any atom is 0.239 e. The van der Waals surface area contributed by atoms with E-state index in [0.717, 1.165) is 44.4 Å². The SMILES string of the molecule is CC1CCCCN1CCC1CCN(C(=O)C2CCCN2)CC1.Cl. The lowest BCUT2D eigenvalue weighted by Gasteiger charge is -2.37. The first-order chi connectivity index (χ1) is 10.7. The van der Waals surface area contributed by atoms with Crippen LogP contribution in [0.5, 0.6) is 0 Å². The van der Waals surface area contributed by atoms with Crippen molar-refractivity contribution >= 4 is 18.3 Å². The van der Waals surface area contributed by atoms with Crippen LogP contribution >= 0.6 is 12.4 Å². The second-order valence-corrected chi connectivity index (χ2v) is 7.59. The highest BCUT2D eigenvalue weighted by molar-refractivity contribution is 5.85. The summed E-state index contributed by atoms with van der Waals surface area (Å²) in [6.07, 6.45) is 10.1. The van der Waals surface area contributed by atoms with Gasteiger partial charge in [-0.1, -0.05) is 6.42 Å². The number of likely N-dealkylation sites (tertiary alicyclic amines) is 2. The highest BCUT2D eigenvalue weighted by Crippen LogP contribution is 2.24. The van der Waals surface area contributed by atoms with Crippen LogP contribution in [0.1, 0.15) is 58.3 Å². The second kappa shape index (κ2) is 9.24. The van der Waals surface area contributed by atoms with Crippen molar-refractivity contribution in [1.29, 1.82) is 0 Å². The number of rotatable bonds is 4.